The Balaban J connectivity index is 2.39. The minimum Gasteiger partial charge on any atom is -0.469 e. The monoisotopic (exact) mass is 197 g/mol. The minimum absolute atomic E-state index is 0.166. The van der Waals surface area contributed by atoms with Crippen molar-refractivity contribution in [1.82, 2.24) is 4.57 Å². The molecule has 0 aliphatic rings. The van der Waals surface area contributed by atoms with Crippen LogP contribution < -0.4 is 4.57 Å². The van der Waals surface area contributed by atoms with Crippen LogP contribution in [0.2, 0.25) is 0 Å². The van der Waals surface area contributed by atoms with E-state index in [0.29, 0.717) is 13.0 Å². The maximum absolute atomic E-state index is 10.9. The Morgan fingerprint density at radius 3 is 3.00 bits per heavy atom. The number of esters is 1. The van der Waals surface area contributed by atoms with Crippen LogP contribution in [0.15, 0.2) is 18.7 Å². The van der Waals surface area contributed by atoms with E-state index >= 15 is 0 Å². The van der Waals surface area contributed by atoms with Crippen molar-refractivity contribution in [2.24, 2.45) is 0 Å². The smallest absolute Gasteiger partial charge is 0.309 e. The average molecular weight is 197 g/mol. The van der Waals surface area contributed by atoms with E-state index in [9.17, 15) is 4.79 Å². The Morgan fingerprint density at radius 1 is 1.57 bits per heavy atom. The van der Waals surface area contributed by atoms with Crippen molar-refractivity contribution in [2.45, 2.75) is 32.9 Å². The fraction of sp³-hybridized carbons (Fsp3) is 0.600. The molecular weight excluding hydrogens is 180 g/mol. The lowest BCUT2D eigenvalue weighted by molar-refractivity contribution is -0.696. The van der Waals surface area contributed by atoms with Gasteiger partial charge in [0.25, 0.3) is 0 Å². The maximum atomic E-state index is 10.9. The Labute approximate surface area is 84.1 Å². The van der Waals surface area contributed by atoms with Gasteiger partial charge in [-0.2, -0.15) is 0 Å². The fourth-order valence-electron chi connectivity index (χ4n) is 1.28. The van der Waals surface area contributed by atoms with Crippen molar-refractivity contribution < 1.29 is 14.1 Å². The van der Waals surface area contributed by atoms with Crippen molar-refractivity contribution in [3.05, 3.63) is 18.7 Å². The van der Waals surface area contributed by atoms with Gasteiger partial charge >= 0.3 is 5.97 Å². The van der Waals surface area contributed by atoms with E-state index in [4.69, 9.17) is 0 Å². The zero-order valence-corrected chi connectivity index (χ0v) is 8.77. The molecule has 4 heteroatoms. The summed E-state index contributed by atoms with van der Waals surface area (Å²) in [5.74, 6) is -0.166. The third-order valence-electron chi connectivity index (χ3n) is 2.03. The van der Waals surface area contributed by atoms with Gasteiger partial charge in [0.15, 0.2) is 0 Å². The van der Waals surface area contributed by atoms with E-state index in [1.165, 1.54) is 7.11 Å². The van der Waals surface area contributed by atoms with E-state index in [-0.39, 0.29) is 5.97 Å². The first kappa shape index (κ1) is 10.8. The van der Waals surface area contributed by atoms with Gasteiger partial charge in [-0.3, -0.25) is 4.79 Å². The zero-order valence-electron chi connectivity index (χ0n) is 8.77. The second kappa shape index (κ2) is 5.42. The summed E-state index contributed by atoms with van der Waals surface area (Å²) in [5, 5.41) is 0. The third kappa shape index (κ3) is 3.20. The molecule has 0 fully saturated rings. The van der Waals surface area contributed by atoms with Crippen molar-refractivity contribution >= 4 is 5.97 Å². The SMILES string of the molecule is CCC[n+]1ccn(CCC(=O)OC)c1. The molecule has 0 aliphatic carbocycles. The summed E-state index contributed by atoms with van der Waals surface area (Å²) in [7, 11) is 1.41. The molecule has 4 nitrogen and oxygen atoms in total. The van der Waals surface area contributed by atoms with Crippen LogP contribution in [0.5, 0.6) is 0 Å². The van der Waals surface area contributed by atoms with Crippen LogP contribution >= 0.6 is 0 Å². The highest BCUT2D eigenvalue weighted by Gasteiger charge is 2.05. The van der Waals surface area contributed by atoms with E-state index in [2.05, 4.69) is 16.2 Å². The van der Waals surface area contributed by atoms with Crippen LogP contribution in [0.3, 0.4) is 0 Å². The van der Waals surface area contributed by atoms with Gasteiger partial charge < -0.3 is 4.74 Å². The molecule has 0 saturated heterocycles. The summed E-state index contributed by atoms with van der Waals surface area (Å²) in [5.41, 5.74) is 0. The van der Waals surface area contributed by atoms with E-state index in [1.54, 1.807) is 0 Å². The van der Waals surface area contributed by atoms with Crippen molar-refractivity contribution in [3.8, 4) is 0 Å². The summed E-state index contributed by atoms with van der Waals surface area (Å²) in [4.78, 5) is 10.9. The number of imidazole rings is 1. The first-order chi connectivity index (χ1) is 6.76. The molecule has 1 heterocycles. The first-order valence-corrected chi connectivity index (χ1v) is 4.88. The molecule has 0 saturated carbocycles. The number of nitrogens with zero attached hydrogens (tertiary/aromatic N) is 2. The van der Waals surface area contributed by atoms with E-state index in [0.717, 1.165) is 13.0 Å². The molecule has 14 heavy (non-hydrogen) atoms. The van der Waals surface area contributed by atoms with Crippen LogP contribution in [0, 0.1) is 0 Å². The highest BCUT2D eigenvalue weighted by Crippen LogP contribution is 1.91. The maximum Gasteiger partial charge on any atom is 0.309 e. The van der Waals surface area contributed by atoms with Gasteiger partial charge in [-0.25, -0.2) is 9.13 Å². The molecule has 0 amide bonds. The van der Waals surface area contributed by atoms with E-state index in [1.807, 2.05) is 23.3 Å². The van der Waals surface area contributed by atoms with Gasteiger partial charge in [0.2, 0.25) is 6.33 Å². The summed E-state index contributed by atoms with van der Waals surface area (Å²) in [6, 6.07) is 0. The lowest BCUT2D eigenvalue weighted by atomic mass is 10.4. The molecule has 1 aromatic rings. The van der Waals surface area contributed by atoms with Crippen LogP contribution in [-0.4, -0.2) is 17.6 Å². The molecule has 1 rings (SSSR count). The predicted molar refractivity (Wildman–Crippen MR) is 51.6 cm³/mol. The van der Waals surface area contributed by atoms with Gasteiger partial charge in [0.1, 0.15) is 18.9 Å². The highest BCUT2D eigenvalue weighted by molar-refractivity contribution is 5.68. The molecule has 78 valence electrons. The predicted octanol–water partition coefficient (Wildman–Crippen LogP) is 0.749. The number of rotatable bonds is 5. The highest BCUT2D eigenvalue weighted by atomic mass is 16.5. The number of hydrogen-bond acceptors (Lipinski definition) is 2. The Hall–Kier alpha value is -1.32. The molecule has 0 unspecified atom stereocenters. The normalized spacial score (nSPS) is 10.1. The van der Waals surface area contributed by atoms with Crippen LogP contribution in [0.4, 0.5) is 0 Å². The molecule has 0 radical (unpaired) electrons. The van der Waals surface area contributed by atoms with Crippen molar-refractivity contribution in [1.29, 1.82) is 0 Å². The summed E-state index contributed by atoms with van der Waals surface area (Å²) < 4.78 is 8.67. The molecular formula is C10H17N2O2+. The molecule has 0 atom stereocenters. The fourth-order valence-corrected chi connectivity index (χ4v) is 1.28. The third-order valence-corrected chi connectivity index (χ3v) is 2.03. The second-order valence-electron chi connectivity index (χ2n) is 3.22. The molecule has 0 spiro atoms. The molecule has 0 aliphatic heterocycles. The largest absolute Gasteiger partial charge is 0.469 e. The first-order valence-electron chi connectivity index (χ1n) is 4.88. The number of methoxy groups -OCH3 is 1. The van der Waals surface area contributed by atoms with Crippen molar-refractivity contribution in [3.63, 3.8) is 0 Å². The number of ether oxygens (including phenoxy) is 1. The molecule has 0 bridgehead atoms. The molecule has 1 aromatic heterocycles. The quantitative estimate of drug-likeness (QED) is 0.515. The van der Waals surface area contributed by atoms with Gasteiger partial charge in [0.05, 0.1) is 20.1 Å². The van der Waals surface area contributed by atoms with Crippen molar-refractivity contribution in [2.75, 3.05) is 7.11 Å². The Bertz CT molecular complexity index is 294. The lowest BCUT2D eigenvalue weighted by Gasteiger charge is -1.95. The minimum atomic E-state index is -0.166. The van der Waals surface area contributed by atoms with Gasteiger partial charge in [-0.1, -0.05) is 6.92 Å². The standard InChI is InChI=1S/C10H17N2O2/c1-3-5-11-7-8-12(9-11)6-4-10(13)14-2/h7-9H,3-6H2,1-2H3/q+1. The number of aromatic nitrogens is 2. The molecule has 0 N–H and O–H groups in total. The zero-order chi connectivity index (χ0) is 10.4. The number of hydrogen-bond donors (Lipinski definition) is 0. The summed E-state index contributed by atoms with van der Waals surface area (Å²) in [6.07, 6.45) is 7.54. The van der Waals surface area contributed by atoms with Gasteiger partial charge in [0, 0.05) is 0 Å². The van der Waals surface area contributed by atoms with Crippen LogP contribution in [0.1, 0.15) is 19.8 Å². The van der Waals surface area contributed by atoms with E-state index < -0.39 is 0 Å². The summed E-state index contributed by atoms with van der Waals surface area (Å²) in [6.45, 7) is 3.84. The van der Waals surface area contributed by atoms with Crippen LogP contribution in [-0.2, 0) is 22.6 Å². The van der Waals surface area contributed by atoms with Crippen LogP contribution in [0.25, 0.3) is 0 Å². The van der Waals surface area contributed by atoms with Gasteiger partial charge in [-0.05, 0) is 6.42 Å². The number of aryl methyl sites for hydroxylation is 2. The molecule has 0 aromatic carbocycles. The Morgan fingerprint density at radius 2 is 2.36 bits per heavy atom. The lowest BCUT2D eigenvalue weighted by Crippen LogP contribution is -2.30. The number of carbonyl (C=O) groups is 1. The summed E-state index contributed by atoms with van der Waals surface area (Å²) >= 11 is 0. The van der Waals surface area contributed by atoms with Gasteiger partial charge in [-0.15, -0.1) is 0 Å². The number of carbonyl (C=O) groups excluding carboxylic acids is 1. The Kier molecular flexibility index (Phi) is 4.16. The average Bonchev–Trinajstić information content (AvgIpc) is 2.63. The second-order valence-corrected chi connectivity index (χ2v) is 3.22. The topological polar surface area (TPSA) is 35.1 Å².